The molecule has 0 unspecified atom stereocenters. The highest BCUT2D eigenvalue weighted by Crippen LogP contribution is 2.32. The van der Waals surface area contributed by atoms with Crippen molar-refractivity contribution in [2.45, 2.75) is 30.7 Å². The van der Waals surface area contributed by atoms with E-state index in [2.05, 4.69) is 5.32 Å². The molecule has 10 heteroatoms. The minimum Gasteiger partial charge on any atom is -0.321 e. The van der Waals surface area contributed by atoms with Gasteiger partial charge in [-0.25, -0.2) is 0 Å². The van der Waals surface area contributed by atoms with E-state index in [0.717, 1.165) is 12.1 Å². The van der Waals surface area contributed by atoms with Crippen LogP contribution in [0, 0.1) is 25.2 Å². The highest BCUT2D eigenvalue weighted by Gasteiger charge is 2.30. The number of nitriles is 1. The number of nitrogens with one attached hydrogen (secondary N) is 1. The van der Waals surface area contributed by atoms with Gasteiger partial charge < -0.3 is 9.88 Å². The molecule has 0 fully saturated rings. The molecule has 176 valence electrons. The third-order valence-corrected chi connectivity index (χ3v) is 5.63. The number of alkyl halides is 5. The predicted molar refractivity (Wildman–Crippen MR) is 121 cm³/mol. The van der Waals surface area contributed by atoms with Gasteiger partial charge in [-0.05, 0) is 74.0 Å². The van der Waals surface area contributed by atoms with Gasteiger partial charge in [0, 0.05) is 27.7 Å². The highest BCUT2D eigenvalue weighted by molar-refractivity contribution is 7.99. The van der Waals surface area contributed by atoms with Crippen molar-refractivity contribution in [3.05, 3.63) is 82.7 Å². The van der Waals surface area contributed by atoms with E-state index in [9.17, 15) is 32.0 Å². The molecule has 0 aliphatic heterocycles. The van der Waals surface area contributed by atoms with E-state index in [1.54, 1.807) is 24.5 Å². The van der Waals surface area contributed by atoms with Crippen LogP contribution in [0.5, 0.6) is 0 Å². The Bertz CT molecular complexity index is 1270. The van der Waals surface area contributed by atoms with Crippen LogP contribution in [0.4, 0.5) is 27.6 Å². The molecule has 0 aliphatic rings. The number of halogens is 5. The second-order valence-electron chi connectivity index (χ2n) is 7.24. The van der Waals surface area contributed by atoms with E-state index in [1.165, 1.54) is 42.5 Å². The van der Waals surface area contributed by atoms with E-state index in [4.69, 9.17) is 0 Å². The number of hydrogen-bond acceptors (Lipinski definition) is 3. The van der Waals surface area contributed by atoms with Crippen LogP contribution in [0.1, 0.15) is 22.5 Å². The molecule has 0 bridgehead atoms. The van der Waals surface area contributed by atoms with Crippen molar-refractivity contribution in [1.82, 2.24) is 4.57 Å². The van der Waals surface area contributed by atoms with Crippen molar-refractivity contribution >= 4 is 29.4 Å². The highest BCUT2D eigenvalue weighted by atomic mass is 32.2. The first-order chi connectivity index (χ1) is 16.0. The number of nitrogens with zero attached hydrogens (tertiary/aromatic N) is 2. The second-order valence-corrected chi connectivity index (χ2v) is 8.30. The molecular weight excluding hydrogens is 473 g/mol. The fraction of sp³-hybridized carbons (Fsp3) is 0.167. The van der Waals surface area contributed by atoms with Crippen LogP contribution in [0.15, 0.2) is 65.1 Å². The molecule has 1 heterocycles. The molecule has 3 aromatic rings. The Hall–Kier alpha value is -3.58. The lowest BCUT2D eigenvalue weighted by Crippen LogP contribution is -2.13. The van der Waals surface area contributed by atoms with Crippen molar-refractivity contribution in [3.8, 4) is 11.8 Å². The fourth-order valence-electron chi connectivity index (χ4n) is 3.37. The maximum atomic E-state index is 13.1. The average Bonchev–Trinajstić information content (AvgIpc) is 3.05. The summed E-state index contributed by atoms with van der Waals surface area (Å²) < 4.78 is 65.8. The number of amides is 1. The summed E-state index contributed by atoms with van der Waals surface area (Å²) in [6.07, 6.45) is -3.14. The van der Waals surface area contributed by atoms with E-state index in [-0.39, 0.29) is 5.57 Å². The standard InChI is InChI=1S/C24H18F5N3OS/c1-14-10-16(15(2)32(14)20-5-3-4-18(12-20)24(27,28)29)11-17(13-30)22(33)31-19-6-8-21(9-7-19)34-23(25)26/h3-12,23H,1-2H3,(H,31,33)/b17-11+. The molecular formula is C24H18F5N3OS. The Kier molecular flexibility index (Phi) is 7.47. The first kappa shape index (κ1) is 25.1. The van der Waals surface area contributed by atoms with Crippen molar-refractivity contribution in [1.29, 1.82) is 5.26 Å². The number of benzene rings is 2. The second kappa shape index (κ2) is 10.1. The van der Waals surface area contributed by atoms with Gasteiger partial charge in [0.05, 0.1) is 5.56 Å². The van der Waals surface area contributed by atoms with Gasteiger partial charge in [0.15, 0.2) is 0 Å². The lowest BCUT2D eigenvalue weighted by atomic mass is 10.1. The zero-order valence-corrected chi connectivity index (χ0v) is 18.8. The van der Waals surface area contributed by atoms with Gasteiger partial charge >= 0.3 is 6.18 Å². The number of anilines is 1. The van der Waals surface area contributed by atoms with E-state index < -0.39 is 23.4 Å². The summed E-state index contributed by atoms with van der Waals surface area (Å²) in [5.74, 6) is -3.27. The molecule has 0 atom stereocenters. The summed E-state index contributed by atoms with van der Waals surface area (Å²) in [4.78, 5) is 12.9. The molecule has 3 rings (SSSR count). The van der Waals surface area contributed by atoms with Crippen LogP contribution >= 0.6 is 11.8 Å². The fourth-order valence-corrected chi connectivity index (χ4v) is 3.87. The van der Waals surface area contributed by atoms with Gasteiger partial charge in [-0.3, -0.25) is 4.79 Å². The van der Waals surface area contributed by atoms with Crippen LogP contribution in [-0.2, 0) is 11.0 Å². The number of carbonyl (C=O) groups is 1. The van der Waals surface area contributed by atoms with Gasteiger partial charge in [0.2, 0.25) is 0 Å². The topological polar surface area (TPSA) is 57.8 Å². The Morgan fingerprint density at radius 3 is 2.38 bits per heavy atom. The van der Waals surface area contributed by atoms with Gasteiger partial charge in [0.1, 0.15) is 11.6 Å². The lowest BCUT2D eigenvalue weighted by molar-refractivity contribution is -0.137. The molecule has 0 saturated carbocycles. The number of carbonyl (C=O) groups excluding carboxylic acids is 1. The maximum absolute atomic E-state index is 13.1. The summed E-state index contributed by atoms with van der Waals surface area (Å²) in [7, 11) is 0. The van der Waals surface area contributed by atoms with Crippen LogP contribution in [0.3, 0.4) is 0 Å². The largest absolute Gasteiger partial charge is 0.416 e. The predicted octanol–water partition coefficient (Wildman–Crippen LogP) is 6.97. The van der Waals surface area contributed by atoms with Crippen molar-refractivity contribution in [2.24, 2.45) is 0 Å². The van der Waals surface area contributed by atoms with Crippen LogP contribution < -0.4 is 5.32 Å². The zero-order valence-electron chi connectivity index (χ0n) is 18.0. The lowest BCUT2D eigenvalue weighted by Gasteiger charge is -2.13. The smallest absolute Gasteiger partial charge is 0.321 e. The molecule has 0 spiro atoms. The number of thioether (sulfide) groups is 1. The summed E-state index contributed by atoms with van der Waals surface area (Å²) in [6.45, 7) is 3.38. The summed E-state index contributed by atoms with van der Waals surface area (Å²) in [5.41, 5.74) is 1.26. The number of rotatable bonds is 6. The summed E-state index contributed by atoms with van der Waals surface area (Å²) in [5, 5.41) is 12.0. The SMILES string of the molecule is Cc1cc(/C=C(\C#N)C(=O)Nc2ccc(SC(F)F)cc2)c(C)n1-c1cccc(C(F)(F)F)c1. The number of aromatic nitrogens is 1. The molecule has 34 heavy (non-hydrogen) atoms. The summed E-state index contributed by atoms with van der Waals surface area (Å²) in [6, 6.07) is 14.1. The van der Waals surface area contributed by atoms with Crippen LogP contribution in [0.25, 0.3) is 11.8 Å². The third-order valence-electron chi connectivity index (χ3n) is 4.90. The third kappa shape index (κ3) is 5.85. The van der Waals surface area contributed by atoms with Gasteiger partial charge in [0.25, 0.3) is 11.7 Å². The van der Waals surface area contributed by atoms with Gasteiger partial charge in [-0.15, -0.1) is 0 Å². The molecule has 0 aliphatic carbocycles. The molecule has 0 saturated heterocycles. The Balaban J connectivity index is 1.87. The van der Waals surface area contributed by atoms with Crippen molar-refractivity contribution < 1.29 is 26.7 Å². The minimum absolute atomic E-state index is 0.227. The monoisotopic (exact) mass is 491 g/mol. The number of aryl methyl sites for hydroxylation is 1. The molecule has 0 radical (unpaired) electrons. The van der Waals surface area contributed by atoms with Crippen LogP contribution in [0.2, 0.25) is 0 Å². The average molecular weight is 491 g/mol. The Labute approximate surface area is 196 Å². The van der Waals surface area contributed by atoms with E-state index >= 15 is 0 Å². The summed E-state index contributed by atoms with van der Waals surface area (Å²) >= 11 is 0.370. The van der Waals surface area contributed by atoms with Crippen molar-refractivity contribution in [3.63, 3.8) is 0 Å². The zero-order chi connectivity index (χ0) is 25.0. The first-order valence-corrected chi connectivity index (χ1v) is 10.7. The Morgan fingerprint density at radius 2 is 1.79 bits per heavy atom. The first-order valence-electron chi connectivity index (χ1n) is 9.84. The normalized spacial score (nSPS) is 12.0. The van der Waals surface area contributed by atoms with Gasteiger partial charge in [-0.2, -0.15) is 27.2 Å². The minimum atomic E-state index is -4.49. The molecule has 1 amide bonds. The Morgan fingerprint density at radius 1 is 1.12 bits per heavy atom. The number of hydrogen-bond donors (Lipinski definition) is 1. The van der Waals surface area contributed by atoms with E-state index in [0.29, 0.717) is 45.0 Å². The van der Waals surface area contributed by atoms with Gasteiger partial charge in [-0.1, -0.05) is 17.8 Å². The maximum Gasteiger partial charge on any atom is 0.416 e. The van der Waals surface area contributed by atoms with E-state index in [1.807, 2.05) is 6.07 Å². The molecule has 2 aromatic carbocycles. The molecule has 4 nitrogen and oxygen atoms in total. The van der Waals surface area contributed by atoms with Crippen molar-refractivity contribution in [2.75, 3.05) is 5.32 Å². The quantitative estimate of drug-likeness (QED) is 0.175. The molecule has 1 N–H and O–H groups in total. The molecule has 1 aromatic heterocycles. The van der Waals surface area contributed by atoms with Crippen LogP contribution in [-0.4, -0.2) is 16.2 Å².